The molecule has 1 atom stereocenters. The van der Waals surface area contributed by atoms with Gasteiger partial charge in [-0.2, -0.15) is 0 Å². The minimum Gasteiger partial charge on any atom is -0.312 e. The number of carbonyl (C=O) groups excluding carboxylic acids is 1. The van der Waals surface area contributed by atoms with Crippen LogP contribution in [0.2, 0.25) is 0 Å². The summed E-state index contributed by atoms with van der Waals surface area (Å²) in [6.45, 7) is 4.31. The molecule has 5 heteroatoms. The van der Waals surface area contributed by atoms with E-state index in [2.05, 4.69) is 6.58 Å². The van der Waals surface area contributed by atoms with Crippen molar-refractivity contribution >= 4 is 21.4 Å². The lowest BCUT2D eigenvalue weighted by Gasteiger charge is -2.16. The summed E-state index contributed by atoms with van der Waals surface area (Å²) in [4.78, 5) is 13.7. The van der Waals surface area contributed by atoms with Gasteiger partial charge in [0.1, 0.15) is 0 Å². The van der Waals surface area contributed by atoms with Crippen molar-refractivity contribution in [3.8, 4) is 0 Å². The Morgan fingerprint density at radius 3 is 2.39 bits per heavy atom. The predicted octanol–water partition coefficient (Wildman–Crippen LogP) is 1.63. The average Bonchev–Trinajstić information content (AvgIpc) is 2.70. The zero-order valence-corrected chi connectivity index (χ0v) is 11.0. The third-order valence-corrected chi connectivity index (χ3v) is 4.19. The summed E-state index contributed by atoms with van der Waals surface area (Å²) in [5, 5.41) is 0. The monoisotopic (exact) mass is 265 g/mol. The van der Waals surface area contributed by atoms with Gasteiger partial charge in [0.25, 0.3) is 0 Å². The Morgan fingerprint density at radius 2 is 1.94 bits per heavy atom. The Bertz CT molecular complexity index is 575. The molecule has 4 nitrogen and oxygen atoms in total. The quantitative estimate of drug-likeness (QED) is 0.780. The second-order valence-electron chi connectivity index (χ2n) is 4.47. The molecule has 1 aromatic carbocycles. The lowest BCUT2D eigenvalue weighted by Crippen LogP contribution is -2.24. The van der Waals surface area contributed by atoms with Crippen LogP contribution in [0.3, 0.4) is 0 Å². The van der Waals surface area contributed by atoms with Crippen molar-refractivity contribution in [1.29, 1.82) is 0 Å². The van der Waals surface area contributed by atoms with Crippen LogP contribution in [0.1, 0.15) is 6.42 Å². The molecule has 18 heavy (non-hydrogen) atoms. The molecule has 0 aromatic heterocycles. The van der Waals surface area contributed by atoms with Gasteiger partial charge in [0, 0.05) is 30.8 Å². The number of hydrogen-bond acceptors (Lipinski definition) is 3. The van der Waals surface area contributed by atoms with Gasteiger partial charge in [-0.3, -0.25) is 4.79 Å². The molecule has 1 aliphatic rings. The third kappa shape index (κ3) is 2.46. The number of rotatable bonds is 3. The van der Waals surface area contributed by atoms with E-state index in [0.29, 0.717) is 13.0 Å². The first kappa shape index (κ1) is 12.8. The van der Waals surface area contributed by atoms with Gasteiger partial charge >= 0.3 is 0 Å². The van der Waals surface area contributed by atoms with Crippen molar-refractivity contribution in [3.05, 3.63) is 36.9 Å². The third-order valence-electron chi connectivity index (χ3n) is 3.06. The van der Waals surface area contributed by atoms with Crippen LogP contribution >= 0.6 is 0 Å². The molecule has 1 aliphatic heterocycles. The van der Waals surface area contributed by atoms with Crippen LogP contribution in [0, 0.1) is 5.92 Å². The van der Waals surface area contributed by atoms with Crippen molar-refractivity contribution < 1.29 is 13.2 Å². The highest BCUT2D eigenvalue weighted by atomic mass is 32.2. The van der Waals surface area contributed by atoms with Crippen molar-refractivity contribution in [2.24, 2.45) is 5.92 Å². The summed E-state index contributed by atoms with van der Waals surface area (Å²) >= 11 is 0. The molecule has 0 aliphatic carbocycles. The molecule has 1 heterocycles. The smallest absolute Gasteiger partial charge is 0.227 e. The summed E-state index contributed by atoms with van der Waals surface area (Å²) in [6.07, 6.45) is 3.41. The number of carbonyl (C=O) groups is 1. The number of benzene rings is 1. The summed E-state index contributed by atoms with van der Waals surface area (Å²) in [7, 11) is -3.19. The summed E-state index contributed by atoms with van der Waals surface area (Å²) in [5.41, 5.74) is 0.733. The first-order chi connectivity index (χ1) is 8.41. The fourth-order valence-electron chi connectivity index (χ4n) is 2.02. The molecular weight excluding hydrogens is 250 g/mol. The Labute approximate surface area is 107 Å². The van der Waals surface area contributed by atoms with Crippen LogP contribution in [0.15, 0.2) is 41.8 Å². The van der Waals surface area contributed by atoms with Crippen LogP contribution in [0.4, 0.5) is 5.69 Å². The first-order valence-corrected chi connectivity index (χ1v) is 7.54. The lowest BCUT2D eigenvalue weighted by atomic mass is 10.1. The van der Waals surface area contributed by atoms with Crippen LogP contribution in [0.25, 0.3) is 0 Å². The fraction of sp³-hybridized carbons (Fsp3) is 0.308. The van der Waals surface area contributed by atoms with E-state index in [4.69, 9.17) is 0 Å². The predicted molar refractivity (Wildman–Crippen MR) is 70.2 cm³/mol. The maximum atomic E-state index is 11.8. The highest BCUT2D eigenvalue weighted by molar-refractivity contribution is 7.90. The van der Waals surface area contributed by atoms with Crippen LogP contribution in [-0.4, -0.2) is 27.1 Å². The summed E-state index contributed by atoms with van der Waals surface area (Å²) < 4.78 is 22.7. The highest BCUT2D eigenvalue weighted by Crippen LogP contribution is 2.26. The minimum atomic E-state index is -3.19. The zero-order chi connectivity index (χ0) is 13.3. The molecule has 0 saturated carbocycles. The maximum Gasteiger partial charge on any atom is 0.227 e. The summed E-state index contributed by atoms with van der Waals surface area (Å²) in [5.74, 6) is 0.221. The van der Waals surface area contributed by atoms with E-state index in [1.165, 1.54) is 12.1 Å². The molecule has 2 rings (SSSR count). The van der Waals surface area contributed by atoms with Gasteiger partial charge in [0.05, 0.1) is 4.90 Å². The number of anilines is 1. The fourth-order valence-corrected chi connectivity index (χ4v) is 2.65. The molecule has 1 unspecified atom stereocenters. The Morgan fingerprint density at radius 1 is 1.33 bits per heavy atom. The SMILES string of the molecule is C=CC1CC(=O)N(c2ccc(S(C)(=O)=O)cc2)C1. The molecule has 1 amide bonds. The van der Waals surface area contributed by atoms with Crippen molar-refractivity contribution in [3.63, 3.8) is 0 Å². The van der Waals surface area contributed by atoms with Crippen LogP contribution in [-0.2, 0) is 14.6 Å². The van der Waals surface area contributed by atoms with Gasteiger partial charge in [-0.05, 0) is 24.3 Å². The molecule has 96 valence electrons. The van der Waals surface area contributed by atoms with E-state index in [0.717, 1.165) is 11.9 Å². The van der Waals surface area contributed by atoms with Gasteiger partial charge in [0.15, 0.2) is 9.84 Å². The second kappa shape index (κ2) is 4.57. The molecule has 0 bridgehead atoms. The Balaban J connectivity index is 2.26. The Hall–Kier alpha value is -1.62. The highest BCUT2D eigenvalue weighted by Gasteiger charge is 2.28. The van der Waals surface area contributed by atoms with Gasteiger partial charge < -0.3 is 4.90 Å². The minimum absolute atomic E-state index is 0.0482. The first-order valence-electron chi connectivity index (χ1n) is 5.65. The molecule has 0 N–H and O–H groups in total. The van der Waals surface area contributed by atoms with E-state index in [1.54, 1.807) is 23.1 Å². The normalized spacial score (nSPS) is 20.2. The standard InChI is InChI=1S/C13H15NO3S/c1-3-10-8-13(15)14(9-10)11-4-6-12(7-5-11)18(2,16)17/h3-7,10H,1,8-9H2,2H3. The lowest BCUT2D eigenvalue weighted by molar-refractivity contribution is -0.117. The van der Waals surface area contributed by atoms with E-state index in [-0.39, 0.29) is 16.7 Å². The van der Waals surface area contributed by atoms with Crippen LogP contribution in [0.5, 0.6) is 0 Å². The topological polar surface area (TPSA) is 54.5 Å². The van der Waals surface area contributed by atoms with E-state index in [9.17, 15) is 13.2 Å². The van der Waals surface area contributed by atoms with E-state index < -0.39 is 9.84 Å². The van der Waals surface area contributed by atoms with Crippen molar-refractivity contribution in [1.82, 2.24) is 0 Å². The Kier molecular flexibility index (Phi) is 3.26. The van der Waals surface area contributed by atoms with Gasteiger partial charge in [0.2, 0.25) is 5.91 Å². The number of hydrogen-bond donors (Lipinski definition) is 0. The number of amides is 1. The summed E-state index contributed by atoms with van der Waals surface area (Å²) in [6, 6.07) is 6.39. The van der Waals surface area contributed by atoms with Crippen molar-refractivity contribution in [2.75, 3.05) is 17.7 Å². The maximum absolute atomic E-state index is 11.8. The van der Waals surface area contributed by atoms with E-state index >= 15 is 0 Å². The molecule has 0 spiro atoms. The molecule has 1 fully saturated rings. The molecular formula is C13H15NO3S. The molecule has 1 aromatic rings. The van der Waals surface area contributed by atoms with Gasteiger partial charge in [-0.1, -0.05) is 6.08 Å². The largest absolute Gasteiger partial charge is 0.312 e. The molecule has 0 radical (unpaired) electrons. The second-order valence-corrected chi connectivity index (χ2v) is 6.49. The van der Waals surface area contributed by atoms with Gasteiger partial charge in [-0.25, -0.2) is 8.42 Å². The van der Waals surface area contributed by atoms with Crippen molar-refractivity contribution in [2.45, 2.75) is 11.3 Å². The zero-order valence-electron chi connectivity index (χ0n) is 10.2. The average molecular weight is 265 g/mol. The van der Waals surface area contributed by atoms with Crippen LogP contribution < -0.4 is 4.90 Å². The van der Waals surface area contributed by atoms with Gasteiger partial charge in [-0.15, -0.1) is 6.58 Å². The molecule has 1 saturated heterocycles. The van der Waals surface area contributed by atoms with E-state index in [1.807, 2.05) is 0 Å². The number of sulfone groups is 1. The number of nitrogens with zero attached hydrogens (tertiary/aromatic N) is 1.